The van der Waals surface area contributed by atoms with Crippen molar-refractivity contribution >= 4 is 23.3 Å². The highest BCUT2D eigenvalue weighted by Crippen LogP contribution is 2.15. The maximum atomic E-state index is 12.3. The first kappa shape index (κ1) is 18.1. The predicted molar refractivity (Wildman–Crippen MR) is 91.0 cm³/mol. The van der Waals surface area contributed by atoms with Crippen molar-refractivity contribution in [1.82, 2.24) is 5.32 Å². The van der Waals surface area contributed by atoms with Crippen LogP contribution in [0.1, 0.15) is 12.0 Å². The summed E-state index contributed by atoms with van der Waals surface area (Å²) in [5, 5.41) is 25.1. The molecule has 1 amide bonds. The molecule has 8 nitrogen and oxygen atoms in total. The van der Waals surface area contributed by atoms with E-state index in [1.54, 1.807) is 0 Å². The summed E-state index contributed by atoms with van der Waals surface area (Å²) in [6.45, 7) is 0.340. The van der Waals surface area contributed by atoms with Crippen molar-refractivity contribution in [3.05, 3.63) is 70.3 Å². The molecule has 0 aliphatic carbocycles. The number of aliphatic carboxylic acids is 1. The lowest BCUT2D eigenvalue weighted by atomic mass is 10.1. The highest BCUT2D eigenvalue weighted by atomic mass is 16.6. The molecule has 0 saturated heterocycles. The van der Waals surface area contributed by atoms with Crippen LogP contribution in [0.4, 0.5) is 11.4 Å². The number of rotatable bonds is 8. The van der Waals surface area contributed by atoms with E-state index in [0.717, 1.165) is 5.56 Å². The molecular weight excluding hydrogens is 326 g/mol. The van der Waals surface area contributed by atoms with Crippen molar-refractivity contribution in [3.63, 3.8) is 0 Å². The van der Waals surface area contributed by atoms with Gasteiger partial charge in [0.15, 0.2) is 0 Å². The first-order valence-electron chi connectivity index (χ1n) is 7.50. The second-order valence-electron chi connectivity index (χ2n) is 5.31. The second kappa shape index (κ2) is 8.55. The topological polar surface area (TPSA) is 122 Å². The highest BCUT2D eigenvalue weighted by Gasteiger charge is 2.21. The largest absolute Gasteiger partial charge is 0.481 e. The lowest BCUT2D eigenvalue weighted by molar-refractivity contribution is -0.384. The summed E-state index contributed by atoms with van der Waals surface area (Å²) < 4.78 is 0. The summed E-state index contributed by atoms with van der Waals surface area (Å²) >= 11 is 0. The quantitative estimate of drug-likeness (QED) is 0.499. The van der Waals surface area contributed by atoms with E-state index < -0.39 is 22.8 Å². The minimum absolute atomic E-state index is 0.0951. The fourth-order valence-corrected chi connectivity index (χ4v) is 2.16. The number of carboxylic acid groups (broad SMARTS) is 1. The second-order valence-corrected chi connectivity index (χ2v) is 5.31. The molecule has 8 heteroatoms. The Balaban J connectivity index is 2.01. The number of nitrogens with zero attached hydrogens (tertiary/aromatic N) is 1. The minimum Gasteiger partial charge on any atom is -0.481 e. The summed E-state index contributed by atoms with van der Waals surface area (Å²) in [5.74, 6) is -1.63. The number of carbonyl (C=O) groups is 2. The van der Waals surface area contributed by atoms with Crippen LogP contribution in [0.5, 0.6) is 0 Å². The smallest absolute Gasteiger partial charge is 0.305 e. The van der Waals surface area contributed by atoms with E-state index in [2.05, 4.69) is 10.6 Å². The number of amides is 1. The Morgan fingerprint density at radius 3 is 2.28 bits per heavy atom. The summed E-state index contributed by atoms with van der Waals surface area (Å²) in [5.41, 5.74) is 1.18. The Morgan fingerprint density at radius 1 is 1.08 bits per heavy atom. The Bertz CT molecular complexity index is 747. The standard InChI is InChI=1S/C17H17N3O5/c21-16(22)10-15(18-11-12-4-2-1-3-5-12)17(23)19-13-6-8-14(9-7-13)20(24)25/h1-9,15,18H,10-11H2,(H,19,23)(H,21,22). The van der Waals surface area contributed by atoms with Crippen LogP contribution in [0.3, 0.4) is 0 Å². The molecule has 25 heavy (non-hydrogen) atoms. The summed E-state index contributed by atoms with van der Waals surface area (Å²) in [4.78, 5) is 33.4. The number of anilines is 1. The van der Waals surface area contributed by atoms with Gasteiger partial charge in [-0.3, -0.25) is 19.7 Å². The molecule has 2 aromatic carbocycles. The maximum absolute atomic E-state index is 12.3. The number of carbonyl (C=O) groups excluding carboxylic acids is 1. The van der Waals surface area contributed by atoms with Gasteiger partial charge in [-0.15, -0.1) is 0 Å². The molecule has 3 N–H and O–H groups in total. The van der Waals surface area contributed by atoms with Crippen LogP contribution in [0.2, 0.25) is 0 Å². The van der Waals surface area contributed by atoms with Gasteiger partial charge in [0.1, 0.15) is 0 Å². The number of nitro benzene ring substituents is 1. The molecule has 0 heterocycles. The van der Waals surface area contributed by atoms with Gasteiger partial charge in [-0.25, -0.2) is 0 Å². The van der Waals surface area contributed by atoms with E-state index in [-0.39, 0.29) is 12.1 Å². The molecule has 2 aromatic rings. The van der Waals surface area contributed by atoms with Crippen LogP contribution in [0.25, 0.3) is 0 Å². The molecule has 0 radical (unpaired) electrons. The van der Waals surface area contributed by atoms with Gasteiger partial charge in [0.25, 0.3) is 5.69 Å². The molecule has 0 spiro atoms. The van der Waals surface area contributed by atoms with Crippen LogP contribution in [0.15, 0.2) is 54.6 Å². The van der Waals surface area contributed by atoms with Crippen molar-refractivity contribution in [3.8, 4) is 0 Å². The average molecular weight is 343 g/mol. The van der Waals surface area contributed by atoms with E-state index in [9.17, 15) is 19.7 Å². The van der Waals surface area contributed by atoms with Crippen LogP contribution in [-0.4, -0.2) is 27.9 Å². The minimum atomic E-state index is -1.11. The predicted octanol–water partition coefficient (Wildman–Crippen LogP) is 2.17. The van der Waals surface area contributed by atoms with Crippen molar-refractivity contribution in [2.24, 2.45) is 0 Å². The molecule has 1 unspecified atom stereocenters. The SMILES string of the molecule is O=C(O)CC(NCc1ccccc1)C(=O)Nc1ccc([N+](=O)[O-])cc1. The Morgan fingerprint density at radius 2 is 1.72 bits per heavy atom. The van der Waals surface area contributed by atoms with Crippen molar-refractivity contribution in [2.75, 3.05) is 5.32 Å². The van der Waals surface area contributed by atoms with Crippen molar-refractivity contribution < 1.29 is 19.6 Å². The molecule has 1 atom stereocenters. The molecule has 0 fully saturated rings. The van der Waals surface area contributed by atoms with Gasteiger partial charge in [-0.05, 0) is 17.7 Å². The first-order chi connectivity index (χ1) is 12.0. The van der Waals surface area contributed by atoms with Gasteiger partial charge in [0, 0.05) is 24.4 Å². The number of nitrogens with one attached hydrogen (secondary N) is 2. The molecule has 0 aliphatic heterocycles. The van der Waals surface area contributed by atoms with Gasteiger partial charge in [0.2, 0.25) is 5.91 Å². The van der Waals surface area contributed by atoms with Crippen LogP contribution < -0.4 is 10.6 Å². The molecule has 2 rings (SSSR count). The molecule has 0 aromatic heterocycles. The molecule has 0 saturated carbocycles. The van der Waals surface area contributed by atoms with Gasteiger partial charge in [-0.2, -0.15) is 0 Å². The van der Waals surface area contributed by atoms with Crippen LogP contribution in [0, 0.1) is 10.1 Å². The number of nitro groups is 1. The highest BCUT2D eigenvalue weighted by molar-refractivity contribution is 5.96. The third kappa shape index (κ3) is 5.70. The Kier molecular flexibility index (Phi) is 6.19. The van der Waals surface area contributed by atoms with E-state index in [1.807, 2.05) is 30.3 Å². The number of hydrogen-bond donors (Lipinski definition) is 3. The number of carboxylic acids is 1. The van der Waals surface area contributed by atoms with Crippen molar-refractivity contribution in [2.45, 2.75) is 19.0 Å². The summed E-state index contributed by atoms with van der Waals surface area (Å²) in [6, 6.07) is 13.7. The zero-order valence-electron chi connectivity index (χ0n) is 13.2. The lowest BCUT2D eigenvalue weighted by Crippen LogP contribution is -2.41. The maximum Gasteiger partial charge on any atom is 0.305 e. The number of hydrogen-bond acceptors (Lipinski definition) is 5. The normalized spacial score (nSPS) is 11.5. The van der Waals surface area contributed by atoms with E-state index >= 15 is 0 Å². The lowest BCUT2D eigenvalue weighted by Gasteiger charge is -2.17. The zero-order valence-corrected chi connectivity index (χ0v) is 13.2. The Hall–Kier alpha value is -3.26. The van der Waals surface area contributed by atoms with E-state index in [0.29, 0.717) is 12.2 Å². The third-order valence-electron chi connectivity index (χ3n) is 3.44. The van der Waals surface area contributed by atoms with Crippen LogP contribution in [-0.2, 0) is 16.1 Å². The number of benzene rings is 2. The molecule has 0 bridgehead atoms. The van der Waals surface area contributed by atoms with Crippen molar-refractivity contribution in [1.29, 1.82) is 0 Å². The fourth-order valence-electron chi connectivity index (χ4n) is 2.16. The van der Waals surface area contributed by atoms with Gasteiger partial charge >= 0.3 is 5.97 Å². The van der Waals surface area contributed by atoms with Gasteiger partial charge in [0.05, 0.1) is 17.4 Å². The Labute approximate surface area is 143 Å². The zero-order chi connectivity index (χ0) is 18.2. The van der Waals surface area contributed by atoms with Gasteiger partial charge < -0.3 is 15.7 Å². The molecule has 130 valence electrons. The van der Waals surface area contributed by atoms with Crippen LogP contribution >= 0.6 is 0 Å². The van der Waals surface area contributed by atoms with E-state index in [4.69, 9.17) is 5.11 Å². The first-order valence-corrected chi connectivity index (χ1v) is 7.50. The monoisotopic (exact) mass is 343 g/mol. The average Bonchev–Trinajstić information content (AvgIpc) is 2.59. The summed E-state index contributed by atoms with van der Waals surface area (Å²) in [6.07, 6.45) is -0.383. The molecule has 0 aliphatic rings. The molecular formula is C17H17N3O5. The fraction of sp³-hybridized carbons (Fsp3) is 0.176. The summed E-state index contributed by atoms with van der Waals surface area (Å²) in [7, 11) is 0. The van der Waals surface area contributed by atoms with Gasteiger partial charge in [-0.1, -0.05) is 30.3 Å². The number of non-ortho nitro benzene ring substituents is 1. The third-order valence-corrected chi connectivity index (χ3v) is 3.44. The van der Waals surface area contributed by atoms with E-state index in [1.165, 1.54) is 24.3 Å².